The largest absolute Gasteiger partial charge is 0.365 e. The summed E-state index contributed by atoms with van der Waals surface area (Å²) in [6, 6.07) is 12.8. The van der Waals surface area contributed by atoms with Crippen LogP contribution in [0.1, 0.15) is 5.56 Å². The first-order valence-corrected chi connectivity index (χ1v) is 9.69. The highest BCUT2D eigenvalue weighted by Gasteiger charge is 2.41. The van der Waals surface area contributed by atoms with Crippen molar-refractivity contribution in [2.75, 3.05) is 10.2 Å². The van der Waals surface area contributed by atoms with E-state index in [1.165, 1.54) is 24.3 Å². The van der Waals surface area contributed by atoms with Gasteiger partial charge in [0.15, 0.2) is 5.37 Å². The highest BCUT2D eigenvalue weighted by Crippen LogP contribution is 2.34. The average Bonchev–Trinajstić information content (AvgIpc) is 2.82. The van der Waals surface area contributed by atoms with Crippen molar-refractivity contribution in [2.24, 2.45) is 5.14 Å². The number of nitrogens with zero attached hydrogens (tertiary/aromatic N) is 1. The van der Waals surface area contributed by atoms with E-state index in [9.17, 15) is 18.0 Å². The Labute approximate surface area is 149 Å². The van der Waals surface area contributed by atoms with Crippen molar-refractivity contribution >= 4 is 44.3 Å². The summed E-state index contributed by atoms with van der Waals surface area (Å²) in [6.07, 6.45) is 0. The van der Waals surface area contributed by atoms with Gasteiger partial charge in [-0.25, -0.2) is 18.5 Å². The minimum atomic E-state index is -3.78. The number of nitrogens with two attached hydrogens (primary N) is 1. The van der Waals surface area contributed by atoms with Crippen LogP contribution in [0.15, 0.2) is 53.4 Å². The summed E-state index contributed by atoms with van der Waals surface area (Å²) in [7, 11) is -3.78. The summed E-state index contributed by atoms with van der Waals surface area (Å²) in [6.45, 7) is 1.83. The highest BCUT2D eigenvalue weighted by molar-refractivity contribution is 8.16. The molecule has 1 heterocycles. The Morgan fingerprint density at radius 3 is 2.32 bits per heavy atom. The standard InChI is InChI=1S/C16H15N3O4S2/c1-10-4-2-3-5-13(10)19-15(20)14(24-16(19)21)18-11-6-8-12(9-7-11)25(17,22)23/h2-9,14,18H,1H3,(H2,17,22,23)/t14-/m1/s1. The summed E-state index contributed by atoms with van der Waals surface area (Å²) < 4.78 is 22.5. The second kappa shape index (κ2) is 6.51. The number of imide groups is 1. The van der Waals surface area contributed by atoms with E-state index in [1.54, 1.807) is 12.1 Å². The van der Waals surface area contributed by atoms with Crippen LogP contribution in [0.25, 0.3) is 0 Å². The SMILES string of the molecule is Cc1ccccc1N1C(=O)S[C@@H](Nc2ccc(S(N)(=O)=O)cc2)C1=O. The van der Waals surface area contributed by atoms with E-state index in [1.807, 2.05) is 19.1 Å². The lowest BCUT2D eigenvalue weighted by Gasteiger charge is -2.16. The van der Waals surface area contributed by atoms with Crippen LogP contribution in [0.4, 0.5) is 16.2 Å². The Bertz CT molecular complexity index is 942. The third-order valence-corrected chi connectivity index (χ3v) is 5.55. The number of thioether (sulfide) groups is 1. The number of hydrogen-bond acceptors (Lipinski definition) is 6. The van der Waals surface area contributed by atoms with Crippen LogP contribution in [0.3, 0.4) is 0 Å². The number of hydrogen-bond donors (Lipinski definition) is 2. The van der Waals surface area contributed by atoms with Crippen LogP contribution >= 0.6 is 11.8 Å². The van der Waals surface area contributed by atoms with Crippen LogP contribution in [0, 0.1) is 6.92 Å². The quantitative estimate of drug-likeness (QED) is 0.846. The first-order chi connectivity index (χ1) is 11.8. The predicted octanol–water partition coefficient (Wildman–Crippen LogP) is 2.28. The number of anilines is 2. The van der Waals surface area contributed by atoms with Gasteiger partial charge in [-0.3, -0.25) is 9.59 Å². The first kappa shape index (κ1) is 17.5. The number of benzene rings is 2. The van der Waals surface area contributed by atoms with Crippen molar-refractivity contribution in [2.45, 2.75) is 17.2 Å². The maximum Gasteiger partial charge on any atom is 0.295 e. The Hall–Kier alpha value is -2.36. The number of aryl methyl sites for hydroxylation is 1. The zero-order chi connectivity index (χ0) is 18.2. The lowest BCUT2D eigenvalue weighted by atomic mass is 10.2. The number of rotatable bonds is 4. The van der Waals surface area contributed by atoms with Gasteiger partial charge in [0.05, 0.1) is 10.6 Å². The van der Waals surface area contributed by atoms with E-state index in [0.717, 1.165) is 22.2 Å². The molecule has 2 aromatic rings. The smallest absolute Gasteiger partial charge is 0.295 e. The van der Waals surface area contributed by atoms with Crippen LogP contribution in [0.5, 0.6) is 0 Å². The van der Waals surface area contributed by atoms with Gasteiger partial charge >= 0.3 is 0 Å². The van der Waals surface area contributed by atoms with Crippen molar-refractivity contribution in [1.82, 2.24) is 0 Å². The third-order valence-electron chi connectivity index (χ3n) is 3.68. The summed E-state index contributed by atoms with van der Waals surface area (Å²) in [5.41, 5.74) is 1.89. The fourth-order valence-electron chi connectivity index (χ4n) is 2.43. The minimum Gasteiger partial charge on any atom is -0.365 e. The van der Waals surface area contributed by atoms with E-state index in [2.05, 4.69) is 5.32 Å². The molecule has 1 aliphatic heterocycles. The average molecular weight is 377 g/mol. The monoisotopic (exact) mass is 377 g/mol. The number of para-hydroxylation sites is 1. The minimum absolute atomic E-state index is 0.0268. The fraction of sp³-hybridized carbons (Fsp3) is 0.125. The predicted molar refractivity (Wildman–Crippen MR) is 96.9 cm³/mol. The number of primary sulfonamides is 1. The molecule has 0 radical (unpaired) electrons. The van der Waals surface area contributed by atoms with E-state index in [-0.39, 0.29) is 16.0 Å². The van der Waals surface area contributed by atoms with Gasteiger partial charge in [0.25, 0.3) is 11.1 Å². The summed E-state index contributed by atoms with van der Waals surface area (Å²) >= 11 is 0.873. The molecule has 1 fully saturated rings. The summed E-state index contributed by atoms with van der Waals surface area (Å²) in [4.78, 5) is 26.0. The van der Waals surface area contributed by atoms with Crippen molar-refractivity contribution in [3.63, 3.8) is 0 Å². The van der Waals surface area contributed by atoms with Gasteiger partial charge in [-0.2, -0.15) is 0 Å². The van der Waals surface area contributed by atoms with Gasteiger partial charge in [-0.15, -0.1) is 0 Å². The van der Waals surface area contributed by atoms with Crippen molar-refractivity contribution in [1.29, 1.82) is 0 Å². The Kier molecular flexibility index (Phi) is 4.55. The van der Waals surface area contributed by atoms with Gasteiger partial charge < -0.3 is 5.32 Å². The topological polar surface area (TPSA) is 110 Å². The third kappa shape index (κ3) is 3.53. The van der Waals surface area contributed by atoms with Crippen molar-refractivity contribution < 1.29 is 18.0 Å². The second-order valence-corrected chi connectivity index (χ2v) is 8.06. The normalized spacial score (nSPS) is 17.8. The molecule has 9 heteroatoms. The summed E-state index contributed by atoms with van der Waals surface area (Å²) in [5, 5.41) is 6.84. The zero-order valence-electron chi connectivity index (χ0n) is 13.2. The Balaban J connectivity index is 1.80. The fourth-order valence-corrected chi connectivity index (χ4v) is 3.84. The van der Waals surface area contributed by atoms with E-state index >= 15 is 0 Å². The van der Waals surface area contributed by atoms with Gasteiger partial charge in [0.1, 0.15) is 0 Å². The molecule has 25 heavy (non-hydrogen) atoms. The molecular weight excluding hydrogens is 362 g/mol. The molecule has 0 bridgehead atoms. The first-order valence-electron chi connectivity index (χ1n) is 7.27. The van der Waals surface area contributed by atoms with Gasteiger partial charge in [0.2, 0.25) is 10.0 Å². The van der Waals surface area contributed by atoms with Crippen LogP contribution < -0.4 is 15.4 Å². The summed E-state index contributed by atoms with van der Waals surface area (Å²) in [5.74, 6) is -0.375. The molecule has 1 aliphatic rings. The molecule has 0 aromatic heterocycles. The molecule has 1 saturated heterocycles. The van der Waals surface area contributed by atoms with Gasteiger partial charge in [-0.1, -0.05) is 18.2 Å². The van der Waals surface area contributed by atoms with Crippen LogP contribution in [-0.2, 0) is 14.8 Å². The van der Waals surface area contributed by atoms with Gasteiger partial charge in [-0.05, 0) is 54.6 Å². The molecule has 1 atom stereocenters. The van der Waals surface area contributed by atoms with E-state index in [4.69, 9.17) is 5.14 Å². The van der Waals surface area contributed by atoms with Gasteiger partial charge in [0, 0.05) is 5.69 Å². The number of carbonyl (C=O) groups excluding carboxylic acids is 2. The zero-order valence-corrected chi connectivity index (χ0v) is 14.8. The number of nitrogens with one attached hydrogen (secondary N) is 1. The molecule has 0 spiro atoms. The molecule has 0 aliphatic carbocycles. The second-order valence-electron chi connectivity index (χ2n) is 5.44. The van der Waals surface area contributed by atoms with E-state index < -0.39 is 15.4 Å². The number of carbonyl (C=O) groups is 2. The molecule has 2 amide bonds. The van der Waals surface area contributed by atoms with Crippen LogP contribution in [0.2, 0.25) is 0 Å². The number of amides is 2. The maximum atomic E-state index is 12.6. The molecule has 3 N–H and O–H groups in total. The van der Waals surface area contributed by atoms with E-state index in [0.29, 0.717) is 11.4 Å². The maximum absolute atomic E-state index is 12.6. The molecule has 2 aromatic carbocycles. The lowest BCUT2D eigenvalue weighted by Crippen LogP contribution is -2.34. The molecule has 7 nitrogen and oxygen atoms in total. The van der Waals surface area contributed by atoms with Crippen molar-refractivity contribution in [3.8, 4) is 0 Å². The van der Waals surface area contributed by atoms with Crippen LogP contribution in [-0.4, -0.2) is 24.9 Å². The highest BCUT2D eigenvalue weighted by atomic mass is 32.2. The van der Waals surface area contributed by atoms with Crippen molar-refractivity contribution in [3.05, 3.63) is 54.1 Å². The molecule has 3 rings (SSSR count). The Morgan fingerprint density at radius 2 is 1.72 bits per heavy atom. The lowest BCUT2D eigenvalue weighted by molar-refractivity contribution is -0.116. The molecular formula is C16H15N3O4S2. The molecule has 130 valence electrons. The molecule has 0 saturated carbocycles. The Morgan fingerprint density at radius 1 is 1.08 bits per heavy atom. The number of sulfonamides is 1. The molecule has 0 unspecified atom stereocenters.